The molecule has 0 amide bonds. The molecule has 1 rings (SSSR count). The van der Waals surface area contributed by atoms with Gasteiger partial charge in [0, 0.05) is 23.9 Å². The molecule has 0 aliphatic heterocycles. The number of ketones is 1. The van der Waals surface area contributed by atoms with Gasteiger partial charge in [0.1, 0.15) is 0 Å². The average Bonchev–Trinajstić information content (AvgIpc) is 2.27. The number of carbonyl (C=O) groups is 2. The first kappa shape index (κ1) is 13.5. The molecule has 0 aliphatic carbocycles. The summed E-state index contributed by atoms with van der Waals surface area (Å²) in [7, 11) is 0. The second-order valence-corrected chi connectivity index (χ2v) is 3.93. The largest absolute Gasteiger partial charge is 0.478 e. The van der Waals surface area contributed by atoms with Gasteiger partial charge >= 0.3 is 5.97 Å². The number of benzene rings is 1. The number of hydrogen-bond acceptors (Lipinski definition) is 2. The zero-order chi connectivity index (χ0) is 12.8. The van der Waals surface area contributed by atoms with Crippen molar-refractivity contribution in [1.29, 1.82) is 0 Å². The lowest BCUT2D eigenvalue weighted by Gasteiger charge is -2.06. The van der Waals surface area contributed by atoms with E-state index in [1.807, 2.05) is 0 Å². The summed E-state index contributed by atoms with van der Waals surface area (Å²) in [5.41, 5.74) is 2.10. The first-order valence-corrected chi connectivity index (χ1v) is 5.69. The van der Waals surface area contributed by atoms with E-state index >= 15 is 0 Å². The van der Waals surface area contributed by atoms with Gasteiger partial charge in [0.25, 0.3) is 0 Å². The Kier molecular flexibility index (Phi) is 4.91. The quantitative estimate of drug-likeness (QED) is 0.498. The summed E-state index contributed by atoms with van der Waals surface area (Å²) in [6.45, 7) is 1.79. The molecular formula is C13H13ClO3. The molecule has 3 nitrogen and oxygen atoms in total. The van der Waals surface area contributed by atoms with Crippen molar-refractivity contribution in [3.05, 3.63) is 41.0 Å². The highest BCUT2D eigenvalue weighted by Crippen LogP contribution is 2.17. The van der Waals surface area contributed by atoms with E-state index < -0.39 is 5.97 Å². The third kappa shape index (κ3) is 3.71. The molecule has 0 aromatic heterocycles. The van der Waals surface area contributed by atoms with Gasteiger partial charge in [-0.05, 0) is 24.1 Å². The highest BCUT2D eigenvalue weighted by atomic mass is 35.5. The maximum atomic E-state index is 11.7. The first-order chi connectivity index (χ1) is 8.06. The lowest BCUT2D eigenvalue weighted by molar-refractivity contribution is -0.131. The number of carboxylic acid groups (broad SMARTS) is 1. The standard InChI is InChI=1S/C13H13ClO3/c1-9-10(5-6-13(16)17)3-2-4-11(9)12(15)7-8-14/h2-6H,7-8H2,1H3,(H,16,17)/b6-5+. The third-order valence-corrected chi connectivity index (χ3v) is 2.59. The molecule has 0 heterocycles. The lowest BCUT2D eigenvalue weighted by Crippen LogP contribution is -2.03. The van der Waals surface area contributed by atoms with Gasteiger partial charge in [-0.3, -0.25) is 4.79 Å². The number of rotatable bonds is 5. The van der Waals surface area contributed by atoms with E-state index in [2.05, 4.69) is 0 Å². The Hall–Kier alpha value is -1.61. The maximum Gasteiger partial charge on any atom is 0.328 e. The first-order valence-electron chi connectivity index (χ1n) is 5.16. The van der Waals surface area contributed by atoms with Crippen molar-refractivity contribution in [2.75, 3.05) is 5.88 Å². The Morgan fingerprint density at radius 3 is 2.71 bits per heavy atom. The molecule has 17 heavy (non-hydrogen) atoms. The minimum Gasteiger partial charge on any atom is -0.478 e. The van der Waals surface area contributed by atoms with Gasteiger partial charge in [-0.2, -0.15) is 0 Å². The normalized spacial score (nSPS) is 10.7. The van der Waals surface area contributed by atoms with Crippen LogP contribution in [0.2, 0.25) is 0 Å². The molecule has 0 radical (unpaired) electrons. The Labute approximate surface area is 105 Å². The fourth-order valence-electron chi connectivity index (χ4n) is 1.52. The van der Waals surface area contributed by atoms with E-state index in [0.717, 1.165) is 17.2 Å². The zero-order valence-electron chi connectivity index (χ0n) is 9.44. The second-order valence-electron chi connectivity index (χ2n) is 3.55. The van der Waals surface area contributed by atoms with Crippen molar-refractivity contribution >= 4 is 29.4 Å². The molecule has 0 bridgehead atoms. The van der Waals surface area contributed by atoms with Crippen molar-refractivity contribution in [1.82, 2.24) is 0 Å². The van der Waals surface area contributed by atoms with E-state index in [1.54, 1.807) is 25.1 Å². The number of halogens is 1. The summed E-state index contributed by atoms with van der Waals surface area (Å²) in [6.07, 6.45) is 2.82. The summed E-state index contributed by atoms with van der Waals surface area (Å²) in [5, 5.41) is 8.56. The average molecular weight is 253 g/mol. The molecule has 0 fully saturated rings. The minimum absolute atomic E-state index is 0.0249. The van der Waals surface area contributed by atoms with Gasteiger partial charge in [0.05, 0.1) is 0 Å². The monoisotopic (exact) mass is 252 g/mol. The van der Waals surface area contributed by atoms with E-state index in [4.69, 9.17) is 16.7 Å². The molecule has 90 valence electrons. The Morgan fingerprint density at radius 2 is 2.12 bits per heavy atom. The highest BCUT2D eigenvalue weighted by molar-refractivity contribution is 6.19. The number of hydrogen-bond donors (Lipinski definition) is 1. The van der Waals surface area contributed by atoms with Crippen molar-refractivity contribution in [3.8, 4) is 0 Å². The fraction of sp³-hybridized carbons (Fsp3) is 0.231. The summed E-state index contributed by atoms with van der Waals surface area (Å²) < 4.78 is 0. The van der Waals surface area contributed by atoms with Crippen LogP contribution in [-0.4, -0.2) is 22.7 Å². The molecule has 0 spiro atoms. The fourth-order valence-corrected chi connectivity index (χ4v) is 1.69. The van der Waals surface area contributed by atoms with Crippen LogP contribution in [0.3, 0.4) is 0 Å². The molecule has 1 aromatic rings. The molecule has 0 unspecified atom stereocenters. The molecule has 0 saturated heterocycles. The predicted molar refractivity (Wildman–Crippen MR) is 67.5 cm³/mol. The van der Waals surface area contributed by atoms with E-state index in [1.165, 1.54) is 6.08 Å². The summed E-state index contributed by atoms with van der Waals surface area (Å²) >= 11 is 5.53. The number of carboxylic acids is 1. The summed E-state index contributed by atoms with van der Waals surface area (Å²) in [6, 6.07) is 5.23. The molecule has 4 heteroatoms. The number of carbonyl (C=O) groups excluding carboxylic acids is 1. The van der Waals surface area contributed by atoms with Crippen molar-refractivity contribution < 1.29 is 14.7 Å². The number of aliphatic carboxylic acids is 1. The summed E-state index contributed by atoms with van der Waals surface area (Å²) in [5.74, 6) is -0.752. The topological polar surface area (TPSA) is 54.4 Å². The smallest absolute Gasteiger partial charge is 0.328 e. The van der Waals surface area contributed by atoms with Gasteiger partial charge in [-0.25, -0.2) is 4.79 Å². The van der Waals surface area contributed by atoms with E-state index in [9.17, 15) is 9.59 Å². The predicted octanol–water partition coefficient (Wildman–Crippen LogP) is 2.90. The molecule has 0 atom stereocenters. The van der Waals surface area contributed by atoms with Crippen LogP contribution in [0.1, 0.15) is 27.9 Å². The molecule has 0 aliphatic rings. The van der Waals surface area contributed by atoms with Gasteiger partial charge < -0.3 is 5.11 Å². The Bertz CT molecular complexity index is 464. The van der Waals surface area contributed by atoms with Crippen LogP contribution in [0.25, 0.3) is 6.08 Å². The van der Waals surface area contributed by atoms with Crippen LogP contribution in [-0.2, 0) is 4.79 Å². The maximum absolute atomic E-state index is 11.7. The second kappa shape index (κ2) is 6.21. The highest BCUT2D eigenvalue weighted by Gasteiger charge is 2.09. The number of alkyl halides is 1. The lowest BCUT2D eigenvalue weighted by atomic mass is 9.98. The van der Waals surface area contributed by atoms with Crippen LogP contribution in [0, 0.1) is 6.92 Å². The van der Waals surface area contributed by atoms with Crippen molar-refractivity contribution in [2.45, 2.75) is 13.3 Å². The minimum atomic E-state index is -1.01. The van der Waals surface area contributed by atoms with Crippen LogP contribution >= 0.6 is 11.6 Å². The van der Waals surface area contributed by atoms with Gasteiger partial charge in [-0.1, -0.05) is 18.2 Å². The number of Topliss-reactive ketones (excluding diaryl/α,β-unsaturated/α-hetero) is 1. The van der Waals surface area contributed by atoms with Crippen LogP contribution in [0.5, 0.6) is 0 Å². The molecule has 0 saturated carbocycles. The van der Waals surface area contributed by atoms with Crippen LogP contribution in [0.15, 0.2) is 24.3 Å². The Balaban J connectivity index is 3.07. The zero-order valence-corrected chi connectivity index (χ0v) is 10.2. The third-order valence-electron chi connectivity index (χ3n) is 2.40. The Morgan fingerprint density at radius 1 is 1.41 bits per heavy atom. The summed E-state index contributed by atoms with van der Waals surface area (Å²) in [4.78, 5) is 22.2. The molecular weight excluding hydrogens is 240 g/mol. The van der Waals surface area contributed by atoms with Gasteiger partial charge in [0.15, 0.2) is 5.78 Å². The van der Waals surface area contributed by atoms with Crippen LogP contribution in [0.4, 0.5) is 0 Å². The SMILES string of the molecule is Cc1c(/C=C/C(=O)O)cccc1C(=O)CCCl. The van der Waals surface area contributed by atoms with Crippen LogP contribution < -0.4 is 0 Å². The van der Waals surface area contributed by atoms with E-state index in [-0.39, 0.29) is 18.1 Å². The van der Waals surface area contributed by atoms with E-state index in [0.29, 0.717) is 5.56 Å². The molecule has 1 aromatic carbocycles. The van der Waals surface area contributed by atoms with Gasteiger partial charge in [-0.15, -0.1) is 11.6 Å². The molecule has 1 N–H and O–H groups in total. The van der Waals surface area contributed by atoms with Gasteiger partial charge in [0.2, 0.25) is 0 Å². The van der Waals surface area contributed by atoms with Crippen molar-refractivity contribution in [2.24, 2.45) is 0 Å². The van der Waals surface area contributed by atoms with Crippen molar-refractivity contribution in [3.63, 3.8) is 0 Å².